The lowest BCUT2D eigenvalue weighted by Crippen LogP contribution is -2.46. The summed E-state index contributed by atoms with van der Waals surface area (Å²) in [5, 5.41) is 3.12. The van der Waals surface area contributed by atoms with E-state index in [1.54, 1.807) is 7.11 Å². The number of anilines is 1. The molecule has 1 saturated carbocycles. The van der Waals surface area contributed by atoms with Crippen LogP contribution in [-0.4, -0.2) is 57.2 Å². The molecule has 1 aromatic carbocycles. The van der Waals surface area contributed by atoms with E-state index in [4.69, 9.17) is 4.74 Å². The fourth-order valence-electron chi connectivity index (χ4n) is 4.11. The van der Waals surface area contributed by atoms with Crippen molar-refractivity contribution < 1.29 is 9.53 Å². The summed E-state index contributed by atoms with van der Waals surface area (Å²) < 4.78 is 5.48. The second kappa shape index (κ2) is 9.81. The summed E-state index contributed by atoms with van der Waals surface area (Å²) in [4.78, 5) is 16.9. The van der Waals surface area contributed by atoms with Crippen molar-refractivity contribution in [3.63, 3.8) is 0 Å². The molecule has 5 heteroatoms. The molecule has 2 aliphatic rings. The van der Waals surface area contributed by atoms with E-state index in [0.29, 0.717) is 0 Å². The van der Waals surface area contributed by atoms with Crippen LogP contribution in [0.4, 0.5) is 5.69 Å². The first-order valence-corrected chi connectivity index (χ1v) is 10.2. The summed E-state index contributed by atoms with van der Waals surface area (Å²) >= 11 is 0. The van der Waals surface area contributed by atoms with Gasteiger partial charge in [0.05, 0.1) is 12.8 Å². The molecule has 0 spiro atoms. The highest BCUT2D eigenvalue weighted by Crippen LogP contribution is 2.28. The minimum Gasteiger partial charge on any atom is -0.495 e. The van der Waals surface area contributed by atoms with Gasteiger partial charge < -0.3 is 15.0 Å². The van der Waals surface area contributed by atoms with E-state index in [9.17, 15) is 4.79 Å². The van der Waals surface area contributed by atoms with Crippen molar-refractivity contribution in [3.05, 3.63) is 24.3 Å². The van der Waals surface area contributed by atoms with Crippen molar-refractivity contribution in [2.45, 2.75) is 38.5 Å². The molecule has 1 aliphatic heterocycles. The standard InChI is InChI=1S/C21H33N3O2/c1-26-20-11-5-4-10-19(20)24-16-14-23(15-17-24)13-7-6-12-22-21(25)18-8-2-3-9-18/h4-5,10-11,18H,2-3,6-9,12-17H2,1H3,(H,22,25). The molecule has 0 atom stereocenters. The number of benzene rings is 1. The lowest BCUT2D eigenvalue weighted by atomic mass is 10.1. The predicted molar refractivity (Wildman–Crippen MR) is 106 cm³/mol. The smallest absolute Gasteiger partial charge is 0.223 e. The van der Waals surface area contributed by atoms with E-state index in [2.05, 4.69) is 27.2 Å². The second-order valence-electron chi connectivity index (χ2n) is 7.48. The molecule has 3 rings (SSSR count). The third-order valence-electron chi connectivity index (χ3n) is 5.72. The van der Waals surface area contributed by atoms with Gasteiger partial charge in [0.2, 0.25) is 5.91 Å². The van der Waals surface area contributed by atoms with E-state index in [1.807, 2.05) is 12.1 Å². The lowest BCUT2D eigenvalue weighted by Gasteiger charge is -2.36. The first-order chi connectivity index (χ1) is 12.8. The molecule has 26 heavy (non-hydrogen) atoms. The zero-order chi connectivity index (χ0) is 18.2. The van der Waals surface area contributed by atoms with Crippen molar-refractivity contribution in [2.75, 3.05) is 51.3 Å². The van der Waals surface area contributed by atoms with E-state index in [-0.39, 0.29) is 11.8 Å². The fourth-order valence-corrected chi connectivity index (χ4v) is 4.11. The third kappa shape index (κ3) is 5.13. The Balaban J connectivity index is 1.30. The Labute approximate surface area is 157 Å². The Kier molecular flexibility index (Phi) is 7.18. The number of piperazine rings is 1. The molecular weight excluding hydrogens is 326 g/mol. The second-order valence-corrected chi connectivity index (χ2v) is 7.48. The minimum atomic E-state index is 0.285. The van der Waals surface area contributed by atoms with Crippen LogP contribution in [0, 0.1) is 5.92 Å². The molecule has 144 valence electrons. The summed E-state index contributed by atoms with van der Waals surface area (Å²) in [6.07, 6.45) is 6.84. The van der Waals surface area contributed by atoms with Crippen molar-refractivity contribution in [1.82, 2.24) is 10.2 Å². The fraction of sp³-hybridized carbons (Fsp3) is 0.667. The summed E-state index contributed by atoms with van der Waals surface area (Å²) in [6.45, 7) is 6.21. The zero-order valence-corrected chi connectivity index (χ0v) is 16.1. The van der Waals surface area contributed by atoms with Gasteiger partial charge in [-0.2, -0.15) is 0 Å². The number of para-hydroxylation sites is 2. The van der Waals surface area contributed by atoms with Crippen molar-refractivity contribution in [3.8, 4) is 5.75 Å². The Bertz CT molecular complexity index is 564. The van der Waals surface area contributed by atoms with Gasteiger partial charge >= 0.3 is 0 Å². The van der Waals surface area contributed by atoms with Gasteiger partial charge in [-0.15, -0.1) is 0 Å². The van der Waals surface area contributed by atoms with Gasteiger partial charge in [0, 0.05) is 38.6 Å². The van der Waals surface area contributed by atoms with Crippen LogP contribution in [0.1, 0.15) is 38.5 Å². The molecule has 2 fully saturated rings. The number of nitrogens with zero attached hydrogens (tertiary/aromatic N) is 2. The number of nitrogens with one attached hydrogen (secondary N) is 1. The largest absolute Gasteiger partial charge is 0.495 e. The van der Waals surface area contributed by atoms with Crippen LogP contribution >= 0.6 is 0 Å². The van der Waals surface area contributed by atoms with Crippen LogP contribution in [0.5, 0.6) is 5.75 Å². The molecule has 0 unspecified atom stereocenters. The topological polar surface area (TPSA) is 44.8 Å². The quantitative estimate of drug-likeness (QED) is 0.725. The van der Waals surface area contributed by atoms with Gasteiger partial charge in [-0.05, 0) is 44.4 Å². The van der Waals surface area contributed by atoms with E-state index < -0.39 is 0 Å². The molecule has 5 nitrogen and oxygen atoms in total. The number of carbonyl (C=O) groups is 1. The number of hydrogen-bond acceptors (Lipinski definition) is 4. The highest BCUT2D eigenvalue weighted by molar-refractivity contribution is 5.78. The van der Waals surface area contributed by atoms with Crippen molar-refractivity contribution >= 4 is 11.6 Å². The zero-order valence-electron chi connectivity index (χ0n) is 16.1. The maximum Gasteiger partial charge on any atom is 0.223 e. The van der Waals surface area contributed by atoms with Crippen molar-refractivity contribution in [1.29, 1.82) is 0 Å². The van der Waals surface area contributed by atoms with Crippen LogP contribution in [0.2, 0.25) is 0 Å². The molecule has 1 N–H and O–H groups in total. The average molecular weight is 360 g/mol. The van der Waals surface area contributed by atoms with Crippen LogP contribution in [0.3, 0.4) is 0 Å². The molecular formula is C21H33N3O2. The number of carbonyl (C=O) groups excluding carboxylic acids is 1. The maximum absolute atomic E-state index is 12.0. The van der Waals surface area contributed by atoms with Crippen LogP contribution in [0.15, 0.2) is 24.3 Å². The van der Waals surface area contributed by atoms with Gasteiger partial charge in [0.25, 0.3) is 0 Å². The van der Waals surface area contributed by atoms with Gasteiger partial charge in [0.1, 0.15) is 5.75 Å². The third-order valence-corrected chi connectivity index (χ3v) is 5.72. The predicted octanol–water partition coefficient (Wildman–Crippen LogP) is 2.90. The number of amides is 1. The molecule has 1 amide bonds. The monoisotopic (exact) mass is 359 g/mol. The first-order valence-electron chi connectivity index (χ1n) is 10.2. The Morgan fingerprint density at radius 3 is 2.58 bits per heavy atom. The molecule has 1 saturated heterocycles. The molecule has 0 radical (unpaired) electrons. The molecule has 1 aromatic rings. The van der Waals surface area contributed by atoms with E-state index in [1.165, 1.54) is 18.5 Å². The molecule has 0 aromatic heterocycles. The highest BCUT2D eigenvalue weighted by Gasteiger charge is 2.22. The minimum absolute atomic E-state index is 0.285. The van der Waals surface area contributed by atoms with E-state index in [0.717, 1.165) is 70.7 Å². The Hall–Kier alpha value is -1.75. The first kappa shape index (κ1) is 19.0. The molecule has 1 heterocycles. The molecule has 0 bridgehead atoms. The summed E-state index contributed by atoms with van der Waals surface area (Å²) in [6, 6.07) is 8.26. The lowest BCUT2D eigenvalue weighted by molar-refractivity contribution is -0.124. The number of methoxy groups -OCH3 is 1. The Morgan fingerprint density at radius 1 is 1.12 bits per heavy atom. The van der Waals surface area contributed by atoms with Crippen LogP contribution in [0.25, 0.3) is 0 Å². The van der Waals surface area contributed by atoms with Gasteiger partial charge in [-0.3, -0.25) is 9.69 Å². The average Bonchev–Trinajstić information content (AvgIpc) is 3.23. The SMILES string of the molecule is COc1ccccc1N1CCN(CCCCNC(=O)C2CCCC2)CC1. The van der Waals surface area contributed by atoms with Gasteiger partial charge in [-0.1, -0.05) is 25.0 Å². The van der Waals surface area contributed by atoms with Gasteiger partial charge in [0.15, 0.2) is 0 Å². The van der Waals surface area contributed by atoms with Crippen LogP contribution in [-0.2, 0) is 4.79 Å². The number of unbranched alkanes of at least 4 members (excludes halogenated alkanes) is 1. The van der Waals surface area contributed by atoms with E-state index >= 15 is 0 Å². The number of hydrogen-bond donors (Lipinski definition) is 1. The highest BCUT2D eigenvalue weighted by atomic mass is 16.5. The number of ether oxygens (including phenoxy) is 1. The molecule has 1 aliphatic carbocycles. The number of rotatable bonds is 8. The summed E-state index contributed by atoms with van der Waals surface area (Å²) in [7, 11) is 1.74. The Morgan fingerprint density at radius 2 is 1.85 bits per heavy atom. The maximum atomic E-state index is 12.0. The van der Waals surface area contributed by atoms with Crippen LogP contribution < -0.4 is 15.0 Å². The normalized spacial score (nSPS) is 18.9. The summed E-state index contributed by atoms with van der Waals surface area (Å²) in [5.41, 5.74) is 1.20. The van der Waals surface area contributed by atoms with Gasteiger partial charge in [-0.25, -0.2) is 0 Å². The summed E-state index contributed by atoms with van der Waals surface area (Å²) in [5.74, 6) is 1.53. The van der Waals surface area contributed by atoms with Crippen molar-refractivity contribution in [2.24, 2.45) is 5.92 Å².